The Kier molecular flexibility index (Phi) is 9.20. The first-order valence-corrected chi connectivity index (χ1v) is 7.48. The van der Waals surface area contributed by atoms with Crippen LogP contribution in [0.4, 0.5) is 0 Å². The van der Waals surface area contributed by atoms with Gasteiger partial charge in [-0.3, -0.25) is 0 Å². The van der Waals surface area contributed by atoms with Crippen LogP contribution in [0.1, 0.15) is 5.56 Å². The Hall–Kier alpha value is -1.62. The molecule has 0 bridgehead atoms. The number of hydrogen-bond acceptors (Lipinski definition) is 4. The highest BCUT2D eigenvalue weighted by Crippen LogP contribution is 2.09. The average Bonchev–Trinajstić information content (AvgIpc) is 2.53. The van der Waals surface area contributed by atoms with Crippen molar-refractivity contribution in [2.24, 2.45) is 5.73 Å². The van der Waals surface area contributed by atoms with Crippen LogP contribution in [-0.4, -0.2) is 43.7 Å². The van der Waals surface area contributed by atoms with Crippen LogP contribution >= 0.6 is 0 Å². The van der Waals surface area contributed by atoms with Crippen LogP contribution in [0.3, 0.4) is 0 Å². The Morgan fingerprint density at radius 3 is 2.43 bits per heavy atom. The summed E-state index contributed by atoms with van der Waals surface area (Å²) in [5.74, 6) is 0. The Morgan fingerprint density at radius 1 is 1.10 bits per heavy atom. The molecule has 0 spiro atoms. The summed E-state index contributed by atoms with van der Waals surface area (Å²) in [5.41, 5.74) is 6.70. The van der Waals surface area contributed by atoms with Crippen molar-refractivity contribution in [2.45, 2.75) is 12.6 Å². The van der Waals surface area contributed by atoms with E-state index in [1.165, 1.54) is 5.56 Å². The maximum atomic E-state index is 5.43. The fourth-order valence-electron chi connectivity index (χ4n) is 2.10. The molecule has 0 amide bonds. The highest BCUT2D eigenvalue weighted by molar-refractivity contribution is 5.15. The smallest absolute Gasteiger partial charge is 0.0593 e. The molecule has 0 saturated carbocycles. The second-order valence-electron chi connectivity index (χ2n) is 4.89. The number of benzene rings is 1. The van der Waals surface area contributed by atoms with E-state index >= 15 is 0 Å². The molecule has 21 heavy (non-hydrogen) atoms. The molecule has 1 unspecified atom stereocenters. The van der Waals surface area contributed by atoms with E-state index in [1.54, 1.807) is 0 Å². The lowest BCUT2D eigenvalue weighted by Gasteiger charge is -2.28. The van der Waals surface area contributed by atoms with Gasteiger partial charge in [-0.2, -0.15) is 0 Å². The molecule has 1 aromatic rings. The monoisotopic (exact) mass is 288 g/mol. The Bertz CT molecular complexity index is 391. The number of nitrogens with two attached hydrogens (primary N) is 1. The van der Waals surface area contributed by atoms with Crippen LogP contribution < -0.4 is 16.4 Å². The molecule has 0 aromatic heterocycles. The first kappa shape index (κ1) is 17.4. The van der Waals surface area contributed by atoms with Crippen LogP contribution in [-0.2, 0) is 6.54 Å². The fraction of sp³-hybridized carbons (Fsp3) is 0.412. The Balaban J connectivity index is 2.37. The highest BCUT2D eigenvalue weighted by atomic mass is 15.2. The molecule has 1 rings (SSSR count). The molecule has 0 heterocycles. The quantitative estimate of drug-likeness (QED) is 0.401. The molecule has 4 nitrogen and oxygen atoms in total. The SMILES string of the molecule is C=CC(CNCCNCCN)N(C=C)Cc1ccccc1. The zero-order valence-electron chi connectivity index (χ0n) is 12.8. The van der Waals surface area contributed by atoms with Gasteiger partial charge in [0.1, 0.15) is 0 Å². The Morgan fingerprint density at radius 2 is 1.81 bits per heavy atom. The van der Waals surface area contributed by atoms with E-state index < -0.39 is 0 Å². The number of nitrogens with zero attached hydrogens (tertiary/aromatic N) is 1. The first-order valence-electron chi connectivity index (χ1n) is 7.48. The molecule has 0 aliphatic carbocycles. The predicted octanol–water partition coefficient (Wildman–Crippen LogP) is 1.32. The summed E-state index contributed by atoms with van der Waals surface area (Å²) < 4.78 is 0. The first-order chi connectivity index (χ1) is 10.3. The third-order valence-corrected chi connectivity index (χ3v) is 3.29. The van der Waals surface area contributed by atoms with Gasteiger partial charge in [0.05, 0.1) is 6.04 Å². The molecule has 0 saturated heterocycles. The summed E-state index contributed by atoms with van der Waals surface area (Å²) >= 11 is 0. The van der Waals surface area contributed by atoms with Crippen molar-refractivity contribution in [1.82, 2.24) is 15.5 Å². The van der Waals surface area contributed by atoms with Gasteiger partial charge in [-0.15, -0.1) is 6.58 Å². The van der Waals surface area contributed by atoms with Crippen LogP contribution in [0.2, 0.25) is 0 Å². The van der Waals surface area contributed by atoms with Gasteiger partial charge in [-0.05, 0) is 11.8 Å². The molecule has 1 atom stereocenters. The van der Waals surface area contributed by atoms with Gasteiger partial charge in [-0.1, -0.05) is 43.0 Å². The summed E-state index contributed by atoms with van der Waals surface area (Å²) in [7, 11) is 0. The van der Waals surface area contributed by atoms with Gasteiger partial charge in [0, 0.05) is 39.3 Å². The minimum absolute atomic E-state index is 0.234. The maximum absolute atomic E-state index is 5.43. The van der Waals surface area contributed by atoms with Crippen molar-refractivity contribution in [3.8, 4) is 0 Å². The average molecular weight is 288 g/mol. The van der Waals surface area contributed by atoms with Crippen LogP contribution in [0.5, 0.6) is 0 Å². The maximum Gasteiger partial charge on any atom is 0.0593 e. The van der Waals surface area contributed by atoms with E-state index in [-0.39, 0.29) is 6.04 Å². The minimum Gasteiger partial charge on any atom is -0.366 e. The molecular weight excluding hydrogens is 260 g/mol. The van der Waals surface area contributed by atoms with Gasteiger partial charge >= 0.3 is 0 Å². The predicted molar refractivity (Wildman–Crippen MR) is 91.0 cm³/mol. The summed E-state index contributed by atoms with van der Waals surface area (Å²) in [4.78, 5) is 2.20. The molecule has 4 N–H and O–H groups in total. The number of nitrogens with one attached hydrogen (secondary N) is 2. The van der Waals surface area contributed by atoms with Gasteiger partial charge in [0.15, 0.2) is 0 Å². The zero-order valence-corrected chi connectivity index (χ0v) is 12.8. The van der Waals surface area contributed by atoms with Crippen molar-refractivity contribution in [2.75, 3.05) is 32.7 Å². The lowest BCUT2D eigenvalue weighted by Crippen LogP contribution is -2.40. The van der Waals surface area contributed by atoms with E-state index in [0.717, 1.165) is 32.7 Å². The molecule has 0 aliphatic heterocycles. The second kappa shape index (κ2) is 11.1. The van der Waals surface area contributed by atoms with Crippen molar-refractivity contribution >= 4 is 0 Å². The zero-order chi connectivity index (χ0) is 15.3. The topological polar surface area (TPSA) is 53.3 Å². The number of rotatable bonds is 12. The fourth-order valence-corrected chi connectivity index (χ4v) is 2.10. The van der Waals surface area contributed by atoms with Gasteiger partial charge < -0.3 is 21.3 Å². The van der Waals surface area contributed by atoms with Gasteiger partial charge in [0.2, 0.25) is 0 Å². The molecule has 1 aromatic carbocycles. The minimum atomic E-state index is 0.234. The van der Waals surface area contributed by atoms with Gasteiger partial charge in [0.25, 0.3) is 0 Å². The van der Waals surface area contributed by atoms with Gasteiger partial charge in [-0.25, -0.2) is 0 Å². The normalized spacial score (nSPS) is 11.9. The van der Waals surface area contributed by atoms with E-state index in [0.29, 0.717) is 6.54 Å². The molecule has 4 heteroatoms. The van der Waals surface area contributed by atoms with Crippen LogP contribution in [0, 0.1) is 0 Å². The van der Waals surface area contributed by atoms with Crippen LogP contribution in [0.15, 0.2) is 55.8 Å². The van der Waals surface area contributed by atoms with E-state index in [2.05, 4.69) is 53.0 Å². The highest BCUT2D eigenvalue weighted by Gasteiger charge is 2.11. The van der Waals surface area contributed by atoms with Crippen molar-refractivity contribution in [3.05, 3.63) is 61.3 Å². The summed E-state index contributed by atoms with van der Waals surface area (Å²) in [6, 6.07) is 10.6. The summed E-state index contributed by atoms with van der Waals surface area (Å²) in [6.07, 6.45) is 3.85. The largest absolute Gasteiger partial charge is 0.366 e. The van der Waals surface area contributed by atoms with Crippen molar-refractivity contribution in [1.29, 1.82) is 0 Å². The molecular formula is C17H28N4. The third kappa shape index (κ3) is 7.09. The van der Waals surface area contributed by atoms with E-state index in [9.17, 15) is 0 Å². The van der Waals surface area contributed by atoms with Crippen LogP contribution in [0.25, 0.3) is 0 Å². The van der Waals surface area contributed by atoms with Crippen molar-refractivity contribution < 1.29 is 0 Å². The standard InChI is InChI=1S/C17H28N4/c1-3-17(14-20-13-12-19-11-10-18)21(4-2)15-16-8-6-5-7-9-16/h3-9,17,19-20H,1-2,10-15,18H2. The summed E-state index contributed by atoms with van der Waals surface area (Å²) in [6.45, 7) is 12.9. The molecule has 116 valence electrons. The molecule has 0 radical (unpaired) electrons. The third-order valence-electron chi connectivity index (χ3n) is 3.29. The number of hydrogen-bond donors (Lipinski definition) is 3. The Labute approximate surface area is 128 Å². The van der Waals surface area contributed by atoms with E-state index in [4.69, 9.17) is 5.73 Å². The van der Waals surface area contributed by atoms with Crippen molar-refractivity contribution in [3.63, 3.8) is 0 Å². The van der Waals surface area contributed by atoms with E-state index in [1.807, 2.05) is 18.3 Å². The lowest BCUT2D eigenvalue weighted by molar-refractivity contribution is 0.303. The second-order valence-corrected chi connectivity index (χ2v) is 4.89. The summed E-state index contributed by atoms with van der Waals surface area (Å²) in [5, 5.41) is 6.69. The lowest BCUT2D eigenvalue weighted by atomic mass is 10.1. The molecule has 0 fully saturated rings. The molecule has 0 aliphatic rings.